The average molecular weight is 267 g/mol. The lowest BCUT2D eigenvalue weighted by atomic mass is 10.4. The third-order valence-corrected chi connectivity index (χ3v) is 3.57. The molecule has 5 nitrogen and oxygen atoms in total. The quantitative estimate of drug-likeness (QED) is 0.884. The largest absolute Gasteiger partial charge is 0.396 e. The zero-order valence-corrected chi connectivity index (χ0v) is 9.99. The van der Waals surface area contributed by atoms with Gasteiger partial charge in [-0.25, -0.2) is 17.8 Å². The number of nitrogens with one attached hydrogen (secondary N) is 1. The SMILES string of the molecule is Nc1cccnc1NS(=O)(=O)c1ccccc1F. The second-order valence-corrected chi connectivity index (χ2v) is 5.13. The van der Waals surface area contributed by atoms with Gasteiger partial charge < -0.3 is 5.73 Å². The normalized spacial score (nSPS) is 11.2. The van der Waals surface area contributed by atoms with Crippen LogP contribution in [0.4, 0.5) is 15.9 Å². The van der Waals surface area contributed by atoms with E-state index in [9.17, 15) is 12.8 Å². The Morgan fingerprint density at radius 3 is 2.56 bits per heavy atom. The molecule has 1 aromatic carbocycles. The molecule has 1 aromatic heterocycles. The molecule has 1 heterocycles. The summed E-state index contributed by atoms with van der Waals surface area (Å²) < 4.78 is 39.4. The Morgan fingerprint density at radius 2 is 1.89 bits per heavy atom. The molecule has 0 saturated heterocycles. The number of hydrogen-bond donors (Lipinski definition) is 2. The van der Waals surface area contributed by atoms with Crippen LogP contribution in [-0.4, -0.2) is 13.4 Å². The van der Waals surface area contributed by atoms with E-state index in [-0.39, 0.29) is 11.5 Å². The van der Waals surface area contributed by atoms with Gasteiger partial charge in [-0.2, -0.15) is 0 Å². The van der Waals surface area contributed by atoms with E-state index in [0.717, 1.165) is 12.1 Å². The minimum Gasteiger partial charge on any atom is -0.396 e. The fraction of sp³-hybridized carbons (Fsp3) is 0. The summed E-state index contributed by atoms with van der Waals surface area (Å²) in [5.41, 5.74) is 5.72. The van der Waals surface area contributed by atoms with Gasteiger partial charge in [-0.3, -0.25) is 4.72 Å². The number of anilines is 2. The van der Waals surface area contributed by atoms with Gasteiger partial charge in [0.2, 0.25) is 0 Å². The maximum absolute atomic E-state index is 13.4. The van der Waals surface area contributed by atoms with Crippen molar-refractivity contribution >= 4 is 21.5 Å². The number of nitrogen functional groups attached to an aromatic ring is 1. The summed E-state index contributed by atoms with van der Waals surface area (Å²) in [6.45, 7) is 0. The van der Waals surface area contributed by atoms with Gasteiger partial charge in [-0.15, -0.1) is 0 Å². The Hall–Kier alpha value is -2.15. The van der Waals surface area contributed by atoms with Gasteiger partial charge in [0.25, 0.3) is 10.0 Å². The second kappa shape index (κ2) is 4.61. The zero-order valence-electron chi connectivity index (χ0n) is 9.17. The fourth-order valence-corrected chi connectivity index (χ4v) is 2.47. The Kier molecular flexibility index (Phi) is 3.15. The van der Waals surface area contributed by atoms with Crippen molar-refractivity contribution < 1.29 is 12.8 Å². The van der Waals surface area contributed by atoms with Gasteiger partial charge in [0.15, 0.2) is 5.82 Å². The predicted octanol–water partition coefficient (Wildman–Crippen LogP) is 1.60. The number of sulfonamides is 1. The number of hydrogen-bond acceptors (Lipinski definition) is 4. The van der Waals surface area contributed by atoms with Crippen molar-refractivity contribution in [1.82, 2.24) is 4.98 Å². The molecule has 7 heteroatoms. The van der Waals surface area contributed by atoms with E-state index in [1.807, 2.05) is 0 Å². The first-order valence-electron chi connectivity index (χ1n) is 4.98. The number of nitrogens with two attached hydrogens (primary N) is 1. The molecule has 0 unspecified atom stereocenters. The van der Waals surface area contributed by atoms with Gasteiger partial charge in [0.1, 0.15) is 10.7 Å². The average Bonchev–Trinajstić information content (AvgIpc) is 2.32. The highest BCUT2D eigenvalue weighted by molar-refractivity contribution is 7.92. The van der Waals surface area contributed by atoms with E-state index < -0.39 is 20.7 Å². The first-order valence-corrected chi connectivity index (χ1v) is 6.47. The molecule has 0 fully saturated rings. The van der Waals surface area contributed by atoms with Crippen molar-refractivity contribution in [2.75, 3.05) is 10.5 Å². The van der Waals surface area contributed by atoms with Crippen molar-refractivity contribution in [2.24, 2.45) is 0 Å². The molecule has 0 bridgehead atoms. The molecule has 0 aliphatic heterocycles. The maximum atomic E-state index is 13.4. The molecule has 0 saturated carbocycles. The molecule has 2 rings (SSSR count). The number of pyridine rings is 1. The summed E-state index contributed by atoms with van der Waals surface area (Å²) in [7, 11) is -4.03. The van der Waals surface area contributed by atoms with Gasteiger partial charge in [0.05, 0.1) is 5.69 Å². The van der Waals surface area contributed by atoms with E-state index in [1.165, 1.54) is 24.4 Å². The van der Waals surface area contributed by atoms with Crippen molar-refractivity contribution in [1.29, 1.82) is 0 Å². The molecule has 0 amide bonds. The van der Waals surface area contributed by atoms with Gasteiger partial charge >= 0.3 is 0 Å². The highest BCUT2D eigenvalue weighted by Crippen LogP contribution is 2.20. The van der Waals surface area contributed by atoms with Crippen LogP contribution in [0.3, 0.4) is 0 Å². The minimum absolute atomic E-state index is 0.0271. The highest BCUT2D eigenvalue weighted by Gasteiger charge is 2.19. The number of rotatable bonds is 3. The molecule has 2 aromatic rings. The molecule has 0 aliphatic rings. The molecule has 0 aliphatic carbocycles. The summed E-state index contributed by atoms with van der Waals surface area (Å²) in [4.78, 5) is 3.33. The fourth-order valence-electron chi connectivity index (χ4n) is 1.35. The molecule has 3 N–H and O–H groups in total. The summed E-state index contributed by atoms with van der Waals surface area (Å²) in [6, 6.07) is 8.12. The minimum atomic E-state index is -4.03. The van der Waals surface area contributed by atoms with E-state index in [4.69, 9.17) is 5.73 Å². The zero-order chi connectivity index (χ0) is 13.2. The third kappa shape index (κ3) is 2.40. The first kappa shape index (κ1) is 12.3. The van der Waals surface area contributed by atoms with Crippen LogP contribution in [0, 0.1) is 5.82 Å². The molecule has 0 spiro atoms. The number of aromatic nitrogens is 1. The van der Waals surface area contributed by atoms with Crippen LogP contribution in [0.1, 0.15) is 0 Å². The van der Waals surface area contributed by atoms with Crippen molar-refractivity contribution in [2.45, 2.75) is 4.90 Å². The Labute approximate surface area is 104 Å². The predicted molar refractivity (Wildman–Crippen MR) is 65.9 cm³/mol. The maximum Gasteiger partial charge on any atom is 0.266 e. The molecule has 0 radical (unpaired) electrons. The van der Waals surface area contributed by atoms with E-state index in [2.05, 4.69) is 9.71 Å². The molecular formula is C11H10FN3O2S. The van der Waals surface area contributed by atoms with E-state index in [0.29, 0.717) is 0 Å². The Morgan fingerprint density at radius 1 is 1.17 bits per heavy atom. The molecule has 94 valence electrons. The lowest BCUT2D eigenvalue weighted by Gasteiger charge is -2.09. The third-order valence-electron chi connectivity index (χ3n) is 2.20. The van der Waals surface area contributed by atoms with Gasteiger partial charge in [-0.1, -0.05) is 12.1 Å². The van der Waals surface area contributed by atoms with Crippen molar-refractivity contribution in [3.63, 3.8) is 0 Å². The summed E-state index contributed by atoms with van der Waals surface area (Å²) in [5.74, 6) is -0.861. The number of halogens is 1. The second-order valence-electron chi connectivity index (χ2n) is 3.48. The number of benzene rings is 1. The monoisotopic (exact) mass is 267 g/mol. The summed E-state index contributed by atoms with van der Waals surface area (Å²) in [5, 5.41) is 0. The molecule has 0 atom stereocenters. The van der Waals surface area contributed by atoms with Crippen molar-refractivity contribution in [3.8, 4) is 0 Å². The van der Waals surface area contributed by atoms with Gasteiger partial charge in [-0.05, 0) is 24.3 Å². The van der Waals surface area contributed by atoms with Gasteiger partial charge in [0, 0.05) is 6.20 Å². The Balaban J connectivity index is 2.40. The van der Waals surface area contributed by atoms with Crippen LogP contribution in [0.25, 0.3) is 0 Å². The first-order chi connectivity index (χ1) is 8.50. The van der Waals surface area contributed by atoms with Crippen LogP contribution in [0.2, 0.25) is 0 Å². The van der Waals surface area contributed by atoms with Crippen LogP contribution in [0.15, 0.2) is 47.5 Å². The lowest BCUT2D eigenvalue weighted by Crippen LogP contribution is -2.16. The smallest absolute Gasteiger partial charge is 0.266 e. The highest BCUT2D eigenvalue weighted by atomic mass is 32.2. The topological polar surface area (TPSA) is 85.1 Å². The van der Waals surface area contributed by atoms with E-state index in [1.54, 1.807) is 6.07 Å². The number of nitrogens with zero attached hydrogens (tertiary/aromatic N) is 1. The van der Waals surface area contributed by atoms with Crippen LogP contribution < -0.4 is 10.5 Å². The van der Waals surface area contributed by atoms with Crippen LogP contribution in [-0.2, 0) is 10.0 Å². The van der Waals surface area contributed by atoms with E-state index >= 15 is 0 Å². The summed E-state index contributed by atoms with van der Waals surface area (Å²) >= 11 is 0. The Bertz CT molecular complexity index is 673. The summed E-state index contributed by atoms with van der Waals surface area (Å²) in [6.07, 6.45) is 1.38. The van der Waals surface area contributed by atoms with Crippen LogP contribution in [0.5, 0.6) is 0 Å². The standard InChI is InChI=1S/C11H10FN3O2S/c12-8-4-1-2-6-10(8)18(16,17)15-11-9(13)5-3-7-14-11/h1-7H,13H2,(H,14,15). The van der Waals surface area contributed by atoms with Crippen molar-refractivity contribution in [3.05, 3.63) is 48.4 Å². The molecule has 18 heavy (non-hydrogen) atoms. The lowest BCUT2D eigenvalue weighted by molar-refractivity contribution is 0.570. The van der Waals surface area contributed by atoms with Crippen LogP contribution >= 0.6 is 0 Å². The molecular weight excluding hydrogens is 257 g/mol.